The van der Waals surface area contributed by atoms with Crippen LogP contribution in [-0.4, -0.2) is 30.8 Å². The number of hydrogen-bond acceptors (Lipinski definition) is 3. The number of ether oxygens (including phenoxy) is 1. The molecule has 0 amide bonds. The number of methoxy groups -OCH3 is 1. The Morgan fingerprint density at radius 3 is 3.12 bits per heavy atom. The van der Waals surface area contributed by atoms with E-state index in [1.54, 1.807) is 7.11 Å². The number of halogens is 1. The zero-order valence-corrected chi connectivity index (χ0v) is 11.2. The number of nitrogens with zero attached hydrogens (tertiary/aromatic N) is 2. The summed E-state index contributed by atoms with van der Waals surface area (Å²) in [6.45, 7) is 4.09. The van der Waals surface area contributed by atoms with Crippen LogP contribution in [0.15, 0.2) is 18.3 Å². The average molecular weight is 255 g/mol. The van der Waals surface area contributed by atoms with E-state index in [2.05, 4.69) is 22.9 Å². The van der Waals surface area contributed by atoms with E-state index >= 15 is 0 Å². The van der Waals surface area contributed by atoms with Gasteiger partial charge in [0.2, 0.25) is 0 Å². The van der Waals surface area contributed by atoms with Crippen molar-refractivity contribution in [3.8, 4) is 0 Å². The van der Waals surface area contributed by atoms with Crippen LogP contribution in [0.5, 0.6) is 0 Å². The van der Waals surface area contributed by atoms with Crippen molar-refractivity contribution in [3.05, 3.63) is 23.9 Å². The standard InChI is InChI=1S/C13H19ClN2O/c1-13(17-2)5-3-7-16(10-13)12-8-11(9-14)4-6-15-12/h4,6,8H,3,5,7,9-10H2,1-2H3. The molecule has 4 heteroatoms. The molecule has 2 rings (SSSR count). The van der Waals surface area contributed by atoms with E-state index in [0.717, 1.165) is 37.3 Å². The molecule has 2 heterocycles. The minimum atomic E-state index is -0.0586. The molecular formula is C13H19ClN2O. The van der Waals surface area contributed by atoms with Gasteiger partial charge < -0.3 is 9.64 Å². The van der Waals surface area contributed by atoms with E-state index in [9.17, 15) is 0 Å². The Labute approximate surface area is 108 Å². The quantitative estimate of drug-likeness (QED) is 0.776. The topological polar surface area (TPSA) is 25.4 Å². The van der Waals surface area contributed by atoms with Crippen LogP contribution in [0.3, 0.4) is 0 Å². The first kappa shape index (κ1) is 12.7. The number of rotatable bonds is 3. The molecule has 3 nitrogen and oxygen atoms in total. The summed E-state index contributed by atoms with van der Waals surface area (Å²) < 4.78 is 5.59. The molecule has 1 saturated heterocycles. The maximum Gasteiger partial charge on any atom is 0.128 e. The molecule has 94 valence electrons. The van der Waals surface area contributed by atoms with Gasteiger partial charge in [-0.25, -0.2) is 4.98 Å². The van der Waals surface area contributed by atoms with E-state index < -0.39 is 0 Å². The Balaban J connectivity index is 2.16. The number of alkyl halides is 1. The highest BCUT2D eigenvalue weighted by Crippen LogP contribution is 2.27. The molecule has 0 saturated carbocycles. The summed E-state index contributed by atoms with van der Waals surface area (Å²) in [4.78, 5) is 6.70. The Morgan fingerprint density at radius 2 is 2.41 bits per heavy atom. The molecule has 0 N–H and O–H groups in total. The van der Waals surface area contributed by atoms with Crippen molar-refractivity contribution in [2.45, 2.75) is 31.2 Å². The fourth-order valence-corrected chi connectivity index (χ4v) is 2.45. The van der Waals surface area contributed by atoms with E-state index in [1.165, 1.54) is 0 Å². The minimum Gasteiger partial charge on any atom is -0.377 e. The van der Waals surface area contributed by atoms with Crippen molar-refractivity contribution in [2.24, 2.45) is 0 Å². The SMILES string of the molecule is COC1(C)CCCN(c2cc(CCl)ccn2)C1. The van der Waals surface area contributed by atoms with Crippen LogP contribution < -0.4 is 4.90 Å². The highest BCUT2D eigenvalue weighted by atomic mass is 35.5. The molecular weight excluding hydrogens is 236 g/mol. The van der Waals surface area contributed by atoms with Crippen molar-refractivity contribution in [1.29, 1.82) is 0 Å². The van der Waals surface area contributed by atoms with Crippen LogP contribution in [0, 0.1) is 0 Å². The van der Waals surface area contributed by atoms with Gasteiger partial charge in [-0.05, 0) is 37.5 Å². The van der Waals surface area contributed by atoms with Crippen LogP contribution >= 0.6 is 11.6 Å². The number of hydrogen-bond donors (Lipinski definition) is 0. The highest BCUT2D eigenvalue weighted by Gasteiger charge is 2.31. The number of aromatic nitrogens is 1. The fraction of sp³-hybridized carbons (Fsp3) is 0.615. The van der Waals surface area contributed by atoms with Crippen LogP contribution in [0.2, 0.25) is 0 Å². The van der Waals surface area contributed by atoms with Gasteiger partial charge in [0.05, 0.1) is 5.60 Å². The van der Waals surface area contributed by atoms with Gasteiger partial charge in [-0.15, -0.1) is 11.6 Å². The van der Waals surface area contributed by atoms with Crippen LogP contribution in [-0.2, 0) is 10.6 Å². The summed E-state index contributed by atoms with van der Waals surface area (Å²) in [5.74, 6) is 1.54. The molecule has 0 spiro atoms. The predicted octanol–water partition coefficient (Wildman–Crippen LogP) is 2.83. The molecule has 0 bridgehead atoms. The maximum atomic E-state index is 5.85. The minimum absolute atomic E-state index is 0.0586. The number of anilines is 1. The largest absolute Gasteiger partial charge is 0.377 e. The normalized spacial score (nSPS) is 25.0. The molecule has 0 radical (unpaired) electrons. The second-order valence-electron chi connectivity index (χ2n) is 4.84. The van der Waals surface area contributed by atoms with Gasteiger partial charge in [0.25, 0.3) is 0 Å². The van der Waals surface area contributed by atoms with Crippen LogP contribution in [0.25, 0.3) is 0 Å². The van der Waals surface area contributed by atoms with Gasteiger partial charge in [-0.3, -0.25) is 0 Å². The lowest BCUT2D eigenvalue weighted by Crippen LogP contribution is -2.47. The van der Waals surface area contributed by atoms with E-state index in [1.807, 2.05) is 12.3 Å². The van der Waals surface area contributed by atoms with Gasteiger partial charge in [0.1, 0.15) is 5.82 Å². The lowest BCUT2D eigenvalue weighted by atomic mass is 9.95. The molecule has 1 fully saturated rings. The van der Waals surface area contributed by atoms with Crippen molar-refractivity contribution in [2.75, 3.05) is 25.1 Å². The van der Waals surface area contributed by atoms with Crippen LogP contribution in [0.4, 0.5) is 5.82 Å². The monoisotopic (exact) mass is 254 g/mol. The number of piperidine rings is 1. The first-order chi connectivity index (χ1) is 8.17. The molecule has 1 aliphatic rings. The third-order valence-corrected chi connectivity index (χ3v) is 3.75. The Morgan fingerprint density at radius 1 is 1.59 bits per heavy atom. The van der Waals surface area contributed by atoms with Crippen molar-refractivity contribution >= 4 is 17.4 Å². The summed E-state index contributed by atoms with van der Waals surface area (Å²) in [6, 6.07) is 4.02. The Kier molecular flexibility index (Phi) is 3.89. The van der Waals surface area contributed by atoms with Gasteiger partial charge in [-0.1, -0.05) is 0 Å². The molecule has 1 aliphatic heterocycles. The average Bonchev–Trinajstić information content (AvgIpc) is 2.39. The molecule has 17 heavy (non-hydrogen) atoms. The molecule has 1 atom stereocenters. The third kappa shape index (κ3) is 2.90. The second-order valence-corrected chi connectivity index (χ2v) is 5.10. The van der Waals surface area contributed by atoms with Crippen LogP contribution in [0.1, 0.15) is 25.3 Å². The molecule has 1 aromatic heterocycles. The fourth-order valence-electron chi connectivity index (χ4n) is 2.28. The third-order valence-electron chi connectivity index (χ3n) is 3.44. The van der Waals surface area contributed by atoms with Gasteiger partial charge in [-0.2, -0.15) is 0 Å². The maximum absolute atomic E-state index is 5.85. The highest BCUT2D eigenvalue weighted by molar-refractivity contribution is 6.17. The van der Waals surface area contributed by atoms with E-state index in [-0.39, 0.29) is 5.60 Å². The van der Waals surface area contributed by atoms with Gasteiger partial charge >= 0.3 is 0 Å². The van der Waals surface area contributed by atoms with Crippen molar-refractivity contribution < 1.29 is 4.74 Å². The van der Waals surface area contributed by atoms with Gasteiger partial charge in [0.15, 0.2) is 0 Å². The zero-order valence-electron chi connectivity index (χ0n) is 10.4. The summed E-state index contributed by atoms with van der Waals surface area (Å²) in [6.07, 6.45) is 4.07. The van der Waals surface area contributed by atoms with Crippen molar-refractivity contribution in [1.82, 2.24) is 4.98 Å². The molecule has 0 aromatic carbocycles. The van der Waals surface area contributed by atoms with E-state index in [0.29, 0.717) is 5.88 Å². The second kappa shape index (κ2) is 5.23. The molecule has 0 aliphatic carbocycles. The summed E-state index contributed by atoms with van der Waals surface area (Å²) in [5, 5.41) is 0. The summed E-state index contributed by atoms with van der Waals surface area (Å²) >= 11 is 5.85. The van der Waals surface area contributed by atoms with Crippen molar-refractivity contribution in [3.63, 3.8) is 0 Å². The number of pyridine rings is 1. The lowest BCUT2D eigenvalue weighted by Gasteiger charge is -2.40. The van der Waals surface area contributed by atoms with E-state index in [4.69, 9.17) is 16.3 Å². The summed E-state index contributed by atoms with van der Waals surface area (Å²) in [7, 11) is 1.78. The lowest BCUT2D eigenvalue weighted by molar-refractivity contribution is -0.00481. The zero-order chi connectivity index (χ0) is 12.3. The smallest absolute Gasteiger partial charge is 0.128 e. The summed E-state index contributed by atoms with van der Waals surface area (Å²) in [5.41, 5.74) is 1.05. The first-order valence-corrected chi connectivity index (χ1v) is 6.51. The first-order valence-electron chi connectivity index (χ1n) is 5.98. The predicted molar refractivity (Wildman–Crippen MR) is 70.7 cm³/mol. The van der Waals surface area contributed by atoms with Gasteiger partial charge in [0, 0.05) is 32.3 Å². The molecule has 1 aromatic rings. The Bertz CT molecular complexity index is 385. The molecule has 1 unspecified atom stereocenters. The Hall–Kier alpha value is -0.800.